The smallest absolute Gasteiger partial charge is 0.310 e. The number of carbonyl (C=O) groups is 1. The van der Waals surface area contributed by atoms with Crippen molar-refractivity contribution in [3.05, 3.63) is 58.2 Å². The summed E-state index contributed by atoms with van der Waals surface area (Å²) in [4.78, 5) is 11.9. The van der Waals surface area contributed by atoms with E-state index in [1.807, 2.05) is 35.0 Å². The number of ether oxygens (including phenoxy) is 3. The van der Waals surface area contributed by atoms with Crippen LogP contribution in [-0.4, -0.2) is 29.0 Å². The van der Waals surface area contributed by atoms with E-state index in [2.05, 4.69) is 28.1 Å². The lowest BCUT2D eigenvalue weighted by molar-refractivity contribution is -0.142. The van der Waals surface area contributed by atoms with Gasteiger partial charge in [0, 0.05) is 22.0 Å². The van der Waals surface area contributed by atoms with Crippen molar-refractivity contribution < 1.29 is 19.0 Å². The Hall–Kier alpha value is -2.38. The number of rotatable bonds is 7. The first-order valence-corrected chi connectivity index (χ1v) is 11.1. The number of aromatic nitrogens is 2. The maximum atomic E-state index is 11.9. The van der Waals surface area contributed by atoms with Gasteiger partial charge in [-0.25, -0.2) is 4.68 Å². The maximum Gasteiger partial charge on any atom is 0.310 e. The van der Waals surface area contributed by atoms with Crippen LogP contribution in [0.3, 0.4) is 0 Å². The van der Waals surface area contributed by atoms with Gasteiger partial charge in [-0.3, -0.25) is 4.79 Å². The van der Waals surface area contributed by atoms with E-state index in [1.54, 1.807) is 6.92 Å². The summed E-state index contributed by atoms with van der Waals surface area (Å²) in [6, 6.07) is 13.7. The molecule has 0 amide bonds. The molecule has 0 saturated carbocycles. The van der Waals surface area contributed by atoms with Crippen LogP contribution in [0.1, 0.15) is 43.7 Å². The summed E-state index contributed by atoms with van der Waals surface area (Å²) in [7, 11) is 0. The first kappa shape index (κ1) is 20.9. The SMILES string of the molecule is CCOC(=O)Cc1ccccc1OCc1nn(C2CCCCO2)c2ccc(Br)cc12. The van der Waals surface area contributed by atoms with Gasteiger partial charge < -0.3 is 14.2 Å². The summed E-state index contributed by atoms with van der Waals surface area (Å²) < 4.78 is 20.1. The molecule has 6 nitrogen and oxygen atoms in total. The Balaban J connectivity index is 1.59. The van der Waals surface area contributed by atoms with Crippen LogP contribution in [0.15, 0.2) is 46.9 Å². The number of esters is 1. The third-order valence-electron chi connectivity index (χ3n) is 5.15. The number of para-hydroxylation sites is 1. The van der Waals surface area contributed by atoms with Gasteiger partial charge in [0.1, 0.15) is 18.1 Å². The van der Waals surface area contributed by atoms with E-state index < -0.39 is 0 Å². The van der Waals surface area contributed by atoms with Crippen LogP contribution in [0.4, 0.5) is 0 Å². The Morgan fingerprint density at radius 1 is 1.27 bits per heavy atom. The van der Waals surface area contributed by atoms with Crippen molar-refractivity contribution in [1.29, 1.82) is 0 Å². The molecule has 4 rings (SSSR count). The number of fused-ring (bicyclic) bond motifs is 1. The first-order valence-electron chi connectivity index (χ1n) is 10.3. The highest BCUT2D eigenvalue weighted by molar-refractivity contribution is 9.10. The summed E-state index contributed by atoms with van der Waals surface area (Å²) in [5, 5.41) is 5.87. The fraction of sp³-hybridized carbons (Fsp3) is 0.391. The van der Waals surface area contributed by atoms with Gasteiger partial charge in [-0.15, -0.1) is 0 Å². The molecule has 0 spiro atoms. The van der Waals surface area contributed by atoms with Crippen molar-refractivity contribution in [2.75, 3.05) is 13.2 Å². The summed E-state index contributed by atoms with van der Waals surface area (Å²) in [6.07, 6.45) is 3.31. The molecule has 2 heterocycles. The standard InChI is InChI=1S/C23H25BrN2O4/c1-2-28-23(27)13-16-7-3-4-8-21(16)30-15-19-18-14-17(24)10-11-20(18)26(25-19)22-9-5-6-12-29-22/h3-4,7-8,10-11,14,22H,2,5-6,9,12-13,15H2,1H3. The molecule has 1 aliphatic rings. The topological polar surface area (TPSA) is 62.6 Å². The third kappa shape index (κ3) is 4.68. The minimum Gasteiger partial charge on any atom is -0.487 e. The van der Waals surface area contributed by atoms with Crippen molar-refractivity contribution in [1.82, 2.24) is 9.78 Å². The van der Waals surface area contributed by atoms with Crippen LogP contribution in [0, 0.1) is 0 Å². The number of nitrogens with zero attached hydrogens (tertiary/aromatic N) is 2. The van der Waals surface area contributed by atoms with E-state index in [0.717, 1.165) is 52.5 Å². The average Bonchev–Trinajstić information content (AvgIpc) is 3.11. The zero-order valence-electron chi connectivity index (χ0n) is 17.0. The molecule has 0 N–H and O–H groups in total. The zero-order chi connectivity index (χ0) is 20.9. The minimum absolute atomic E-state index is 0.0488. The fourth-order valence-corrected chi connectivity index (χ4v) is 4.09. The molecule has 0 radical (unpaired) electrons. The minimum atomic E-state index is -0.262. The largest absolute Gasteiger partial charge is 0.487 e. The summed E-state index contributed by atoms with van der Waals surface area (Å²) in [5.41, 5.74) is 2.67. The van der Waals surface area contributed by atoms with E-state index in [0.29, 0.717) is 19.0 Å². The van der Waals surface area contributed by atoms with Gasteiger partial charge in [-0.2, -0.15) is 5.10 Å². The van der Waals surface area contributed by atoms with Crippen LogP contribution in [0.2, 0.25) is 0 Å². The van der Waals surface area contributed by atoms with E-state index in [1.165, 1.54) is 0 Å². The Bertz CT molecular complexity index is 1030. The molecule has 1 aromatic heterocycles. The molecule has 3 aromatic rings. The van der Waals surface area contributed by atoms with Gasteiger partial charge in [0.05, 0.1) is 18.5 Å². The molecule has 0 aliphatic carbocycles. The number of halogens is 1. The quantitative estimate of drug-likeness (QED) is 0.443. The average molecular weight is 473 g/mol. The summed E-state index contributed by atoms with van der Waals surface area (Å²) in [5.74, 6) is 0.402. The number of hydrogen-bond acceptors (Lipinski definition) is 5. The van der Waals surface area contributed by atoms with Crippen LogP contribution in [0.5, 0.6) is 5.75 Å². The Kier molecular flexibility index (Phi) is 6.69. The Morgan fingerprint density at radius 2 is 2.13 bits per heavy atom. The number of carbonyl (C=O) groups excluding carboxylic acids is 1. The summed E-state index contributed by atoms with van der Waals surface area (Å²) >= 11 is 3.56. The molecule has 1 unspecified atom stereocenters. The van der Waals surface area contributed by atoms with Crippen molar-refractivity contribution in [3.63, 3.8) is 0 Å². The van der Waals surface area contributed by atoms with E-state index >= 15 is 0 Å². The molecule has 158 valence electrons. The fourth-order valence-electron chi connectivity index (χ4n) is 3.72. The molecular formula is C23H25BrN2O4. The maximum absolute atomic E-state index is 11.9. The monoisotopic (exact) mass is 472 g/mol. The molecule has 2 aromatic carbocycles. The molecule has 1 fully saturated rings. The highest BCUT2D eigenvalue weighted by Gasteiger charge is 2.21. The second kappa shape index (κ2) is 9.62. The lowest BCUT2D eigenvalue weighted by Gasteiger charge is -2.23. The lowest BCUT2D eigenvalue weighted by Crippen LogP contribution is -2.19. The Morgan fingerprint density at radius 3 is 2.93 bits per heavy atom. The summed E-state index contributed by atoms with van der Waals surface area (Å²) in [6.45, 7) is 3.22. The van der Waals surface area contributed by atoms with Gasteiger partial charge in [-0.1, -0.05) is 34.1 Å². The molecule has 7 heteroatoms. The van der Waals surface area contributed by atoms with Crippen molar-refractivity contribution in [3.8, 4) is 5.75 Å². The van der Waals surface area contributed by atoms with Crippen molar-refractivity contribution >= 4 is 32.8 Å². The predicted octanol–water partition coefficient (Wildman–Crippen LogP) is 5.18. The highest BCUT2D eigenvalue weighted by Crippen LogP contribution is 2.30. The van der Waals surface area contributed by atoms with Crippen molar-refractivity contribution in [2.24, 2.45) is 0 Å². The van der Waals surface area contributed by atoms with E-state index in [4.69, 9.17) is 19.3 Å². The lowest BCUT2D eigenvalue weighted by atomic mass is 10.1. The predicted molar refractivity (Wildman–Crippen MR) is 117 cm³/mol. The highest BCUT2D eigenvalue weighted by atomic mass is 79.9. The molecular weight excluding hydrogens is 448 g/mol. The van der Waals surface area contributed by atoms with Gasteiger partial charge in [0.25, 0.3) is 0 Å². The van der Waals surface area contributed by atoms with Crippen LogP contribution in [0.25, 0.3) is 10.9 Å². The first-order chi connectivity index (χ1) is 14.7. The van der Waals surface area contributed by atoms with Crippen LogP contribution < -0.4 is 4.74 Å². The van der Waals surface area contributed by atoms with E-state index in [-0.39, 0.29) is 18.6 Å². The molecule has 1 saturated heterocycles. The van der Waals surface area contributed by atoms with Crippen LogP contribution in [-0.2, 0) is 27.3 Å². The Labute approximate surface area is 184 Å². The van der Waals surface area contributed by atoms with E-state index in [9.17, 15) is 4.79 Å². The van der Waals surface area contributed by atoms with Gasteiger partial charge >= 0.3 is 5.97 Å². The van der Waals surface area contributed by atoms with Gasteiger partial charge in [0.15, 0.2) is 6.23 Å². The van der Waals surface area contributed by atoms with Gasteiger partial charge in [0.2, 0.25) is 0 Å². The molecule has 1 atom stereocenters. The normalized spacial score (nSPS) is 16.5. The molecule has 1 aliphatic heterocycles. The zero-order valence-corrected chi connectivity index (χ0v) is 18.6. The van der Waals surface area contributed by atoms with Crippen LogP contribution >= 0.6 is 15.9 Å². The van der Waals surface area contributed by atoms with Crippen molar-refractivity contribution in [2.45, 2.75) is 45.4 Å². The number of hydrogen-bond donors (Lipinski definition) is 0. The second-order valence-corrected chi connectivity index (χ2v) is 8.17. The third-order valence-corrected chi connectivity index (χ3v) is 5.64. The second-order valence-electron chi connectivity index (χ2n) is 7.25. The molecule has 30 heavy (non-hydrogen) atoms. The number of benzene rings is 2. The van der Waals surface area contributed by atoms with Gasteiger partial charge in [-0.05, 0) is 50.5 Å². The molecule has 0 bridgehead atoms.